The summed E-state index contributed by atoms with van der Waals surface area (Å²) in [6.07, 6.45) is 6.56. The average molecular weight is 325 g/mol. The topological polar surface area (TPSA) is 49.8 Å². The molecule has 1 aliphatic heterocycles. The standard InChI is InChI=1S/C17H27NO3S/c1-6-7-8-14(2)22-17(13-19)9-11-18(12-10-17)15(20)21-16(3,4)5/h6-8,19H,1-2,9-13H2,3-5H3/b8-7-. The highest BCUT2D eigenvalue weighted by atomic mass is 32.2. The normalized spacial score (nSPS) is 18.3. The Hall–Kier alpha value is -1.20. The van der Waals surface area contributed by atoms with Crippen molar-refractivity contribution in [2.45, 2.75) is 44.0 Å². The molecule has 0 aromatic rings. The van der Waals surface area contributed by atoms with Crippen LogP contribution in [0, 0.1) is 0 Å². The lowest BCUT2D eigenvalue weighted by Crippen LogP contribution is -2.48. The largest absolute Gasteiger partial charge is 0.444 e. The first-order valence-electron chi connectivity index (χ1n) is 7.47. The van der Waals surface area contributed by atoms with Gasteiger partial charge in [0.25, 0.3) is 0 Å². The van der Waals surface area contributed by atoms with Gasteiger partial charge in [-0.05, 0) is 39.7 Å². The van der Waals surface area contributed by atoms with E-state index in [1.54, 1.807) is 22.7 Å². The maximum atomic E-state index is 12.1. The van der Waals surface area contributed by atoms with Crippen molar-refractivity contribution in [2.24, 2.45) is 0 Å². The van der Waals surface area contributed by atoms with Gasteiger partial charge < -0.3 is 14.7 Å². The maximum Gasteiger partial charge on any atom is 0.410 e. The molecule has 1 N–H and O–H groups in total. The molecule has 0 radical (unpaired) electrons. The Labute approximate surface area is 137 Å². The number of allylic oxidation sites excluding steroid dienone is 3. The van der Waals surface area contributed by atoms with Gasteiger partial charge in [-0.25, -0.2) is 4.79 Å². The Bertz CT molecular complexity index is 443. The molecule has 1 heterocycles. The summed E-state index contributed by atoms with van der Waals surface area (Å²) < 4.78 is 5.11. The monoisotopic (exact) mass is 325 g/mol. The summed E-state index contributed by atoms with van der Waals surface area (Å²) in [5.41, 5.74) is -0.485. The first-order chi connectivity index (χ1) is 10.2. The lowest BCUT2D eigenvalue weighted by atomic mass is 9.97. The third kappa shape index (κ3) is 5.89. The van der Waals surface area contributed by atoms with E-state index in [0.29, 0.717) is 25.9 Å². The van der Waals surface area contributed by atoms with Gasteiger partial charge in [-0.15, -0.1) is 11.8 Å². The van der Waals surface area contributed by atoms with Gasteiger partial charge in [-0.1, -0.05) is 25.3 Å². The zero-order chi connectivity index (χ0) is 16.8. The smallest absolute Gasteiger partial charge is 0.410 e. The van der Waals surface area contributed by atoms with Crippen LogP contribution in [0.3, 0.4) is 0 Å². The molecule has 0 unspecified atom stereocenters. The number of hydrogen-bond donors (Lipinski definition) is 1. The summed E-state index contributed by atoms with van der Waals surface area (Å²) >= 11 is 1.58. The molecular formula is C17H27NO3S. The SMILES string of the molecule is C=C/C=C\C(=C)SC1(CO)CCN(C(=O)OC(C)(C)C)CC1. The number of nitrogens with zero attached hydrogens (tertiary/aromatic N) is 1. The fourth-order valence-corrected chi connectivity index (χ4v) is 3.36. The number of carbonyl (C=O) groups excluding carboxylic acids is 1. The Kier molecular flexibility index (Phi) is 6.75. The van der Waals surface area contributed by atoms with Crippen LogP contribution in [-0.4, -0.2) is 46.1 Å². The molecular weight excluding hydrogens is 298 g/mol. The lowest BCUT2D eigenvalue weighted by molar-refractivity contribution is 0.0179. The quantitative estimate of drug-likeness (QED) is 0.782. The minimum Gasteiger partial charge on any atom is -0.444 e. The zero-order valence-electron chi connectivity index (χ0n) is 13.8. The molecule has 0 aromatic heterocycles. The Balaban J connectivity index is 2.60. The molecule has 22 heavy (non-hydrogen) atoms. The van der Waals surface area contributed by atoms with E-state index in [9.17, 15) is 9.90 Å². The van der Waals surface area contributed by atoms with Crippen molar-refractivity contribution in [1.82, 2.24) is 4.90 Å². The molecule has 1 rings (SSSR count). The van der Waals surface area contributed by atoms with E-state index in [1.165, 1.54) is 0 Å². The number of carbonyl (C=O) groups is 1. The van der Waals surface area contributed by atoms with Crippen LogP contribution in [0.1, 0.15) is 33.6 Å². The van der Waals surface area contributed by atoms with Crippen LogP contribution in [0.15, 0.2) is 36.3 Å². The molecule has 5 heteroatoms. The molecule has 0 aliphatic carbocycles. The maximum absolute atomic E-state index is 12.1. The van der Waals surface area contributed by atoms with Crippen molar-refractivity contribution in [1.29, 1.82) is 0 Å². The number of piperidine rings is 1. The minimum absolute atomic E-state index is 0.0702. The number of likely N-dealkylation sites (tertiary alicyclic amines) is 1. The second kappa shape index (κ2) is 7.88. The predicted octanol–water partition coefficient (Wildman–Crippen LogP) is 3.74. The summed E-state index contributed by atoms with van der Waals surface area (Å²) in [4.78, 5) is 14.7. The highest BCUT2D eigenvalue weighted by Gasteiger charge is 2.37. The van der Waals surface area contributed by atoms with Crippen molar-refractivity contribution < 1.29 is 14.6 Å². The molecule has 124 valence electrons. The van der Waals surface area contributed by atoms with Crippen LogP contribution in [0.2, 0.25) is 0 Å². The second-order valence-corrected chi connectivity index (χ2v) is 8.07. The molecule has 1 aliphatic rings. The summed E-state index contributed by atoms with van der Waals surface area (Å²) in [6.45, 7) is 14.4. The van der Waals surface area contributed by atoms with Crippen LogP contribution >= 0.6 is 11.8 Å². The molecule has 0 bridgehead atoms. The molecule has 1 fully saturated rings. The third-order valence-electron chi connectivity index (χ3n) is 3.38. The van der Waals surface area contributed by atoms with E-state index in [4.69, 9.17) is 4.74 Å². The first-order valence-corrected chi connectivity index (χ1v) is 8.29. The van der Waals surface area contributed by atoms with Crippen molar-refractivity contribution in [3.05, 3.63) is 36.3 Å². The highest BCUT2D eigenvalue weighted by molar-refractivity contribution is 8.04. The van der Waals surface area contributed by atoms with Crippen LogP contribution in [-0.2, 0) is 4.74 Å². The van der Waals surface area contributed by atoms with Crippen molar-refractivity contribution in [3.8, 4) is 0 Å². The Morgan fingerprint density at radius 2 is 2.00 bits per heavy atom. The van der Waals surface area contributed by atoms with Gasteiger partial charge in [0.2, 0.25) is 0 Å². The first kappa shape index (κ1) is 18.8. The van der Waals surface area contributed by atoms with E-state index < -0.39 is 5.60 Å². The van der Waals surface area contributed by atoms with E-state index in [0.717, 1.165) is 4.91 Å². The Morgan fingerprint density at radius 3 is 2.45 bits per heavy atom. The number of thioether (sulfide) groups is 1. The van der Waals surface area contributed by atoms with Crippen molar-refractivity contribution >= 4 is 17.9 Å². The number of amides is 1. The van der Waals surface area contributed by atoms with E-state index in [2.05, 4.69) is 13.2 Å². The van der Waals surface area contributed by atoms with Gasteiger partial charge in [-0.3, -0.25) is 0 Å². The Morgan fingerprint density at radius 1 is 1.41 bits per heavy atom. The number of aliphatic hydroxyl groups is 1. The molecule has 1 saturated heterocycles. The van der Waals surface area contributed by atoms with E-state index in [1.807, 2.05) is 32.9 Å². The van der Waals surface area contributed by atoms with Gasteiger partial charge >= 0.3 is 6.09 Å². The van der Waals surface area contributed by atoms with Crippen molar-refractivity contribution in [3.63, 3.8) is 0 Å². The minimum atomic E-state index is -0.485. The molecule has 0 spiro atoms. The second-order valence-electron chi connectivity index (χ2n) is 6.47. The van der Waals surface area contributed by atoms with Crippen LogP contribution < -0.4 is 0 Å². The molecule has 0 saturated carbocycles. The number of hydrogen-bond acceptors (Lipinski definition) is 4. The molecule has 4 nitrogen and oxygen atoms in total. The van der Waals surface area contributed by atoms with Gasteiger partial charge in [0.15, 0.2) is 0 Å². The predicted molar refractivity (Wildman–Crippen MR) is 92.9 cm³/mol. The fourth-order valence-electron chi connectivity index (χ4n) is 2.20. The summed E-state index contributed by atoms with van der Waals surface area (Å²) in [7, 11) is 0. The molecule has 0 aromatic carbocycles. The van der Waals surface area contributed by atoms with Crippen molar-refractivity contribution in [2.75, 3.05) is 19.7 Å². The summed E-state index contributed by atoms with van der Waals surface area (Å²) in [6, 6.07) is 0. The number of rotatable bonds is 5. The van der Waals surface area contributed by atoms with Gasteiger partial charge in [0, 0.05) is 22.7 Å². The third-order valence-corrected chi connectivity index (χ3v) is 4.75. The molecule has 1 amide bonds. The van der Waals surface area contributed by atoms with Gasteiger partial charge in [-0.2, -0.15) is 0 Å². The highest BCUT2D eigenvalue weighted by Crippen LogP contribution is 2.40. The van der Waals surface area contributed by atoms with Gasteiger partial charge in [0.1, 0.15) is 5.60 Å². The zero-order valence-corrected chi connectivity index (χ0v) is 14.6. The van der Waals surface area contributed by atoms with Crippen LogP contribution in [0.4, 0.5) is 4.79 Å². The lowest BCUT2D eigenvalue weighted by Gasteiger charge is -2.40. The summed E-state index contributed by atoms with van der Waals surface area (Å²) in [5, 5.41) is 9.79. The number of ether oxygens (including phenoxy) is 1. The number of aliphatic hydroxyl groups excluding tert-OH is 1. The van der Waals surface area contributed by atoms with Gasteiger partial charge in [0.05, 0.1) is 6.61 Å². The van der Waals surface area contributed by atoms with Crippen LogP contribution in [0.25, 0.3) is 0 Å². The molecule has 0 atom stereocenters. The average Bonchev–Trinajstić information content (AvgIpc) is 2.44. The van der Waals surface area contributed by atoms with E-state index in [-0.39, 0.29) is 17.4 Å². The fraction of sp³-hybridized carbons (Fsp3) is 0.588. The van der Waals surface area contributed by atoms with Crippen LogP contribution in [0.5, 0.6) is 0 Å². The summed E-state index contributed by atoms with van der Waals surface area (Å²) in [5.74, 6) is 0. The van der Waals surface area contributed by atoms with E-state index >= 15 is 0 Å².